The quantitative estimate of drug-likeness (QED) is 0.542. The van der Waals surface area contributed by atoms with Crippen LogP contribution in [0.4, 0.5) is 10.1 Å². The number of aryl methyl sites for hydroxylation is 1. The predicted octanol–water partition coefficient (Wildman–Crippen LogP) is 4.14. The highest BCUT2D eigenvalue weighted by Gasteiger charge is 2.15. The molecule has 7 nitrogen and oxygen atoms in total. The van der Waals surface area contributed by atoms with Crippen molar-refractivity contribution < 1.29 is 9.18 Å². The van der Waals surface area contributed by atoms with Gasteiger partial charge in [-0.15, -0.1) is 16.4 Å². The Morgan fingerprint density at radius 3 is 2.71 bits per heavy atom. The summed E-state index contributed by atoms with van der Waals surface area (Å²) in [4.78, 5) is 16.9. The van der Waals surface area contributed by atoms with Crippen molar-refractivity contribution in [2.75, 3.05) is 5.32 Å². The molecule has 0 aliphatic heterocycles. The zero-order valence-corrected chi connectivity index (χ0v) is 16.0. The molecule has 0 aliphatic rings. The van der Waals surface area contributed by atoms with E-state index in [1.54, 1.807) is 24.4 Å². The van der Waals surface area contributed by atoms with E-state index < -0.39 is 11.7 Å². The van der Waals surface area contributed by atoms with Crippen molar-refractivity contribution in [2.45, 2.75) is 6.92 Å². The highest BCUT2D eigenvalue weighted by atomic mass is 35.5. The third-order valence-corrected chi connectivity index (χ3v) is 5.04. The summed E-state index contributed by atoms with van der Waals surface area (Å²) in [7, 11) is 0. The molecule has 4 rings (SSSR count). The molecule has 2 heterocycles. The molecule has 28 heavy (non-hydrogen) atoms. The predicted molar refractivity (Wildman–Crippen MR) is 104 cm³/mol. The van der Waals surface area contributed by atoms with E-state index >= 15 is 0 Å². The van der Waals surface area contributed by atoms with E-state index in [1.165, 1.54) is 34.2 Å². The first-order chi connectivity index (χ1) is 13.5. The Kier molecular flexibility index (Phi) is 4.84. The molecule has 0 saturated carbocycles. The molecule has 2 aromatic heterocycles. The van der Waals surface area contributed by atoms with Crippen molar-refractivity contribution in [3.05, 3.63) is 70.2 Å². The van der Waals surface area contributed by atoms with Crippen LogP contribution < -0.4 is 5.32 Å². The number of nitrogens with zero attached hydrogens (tertiary/aromatic N) is 5. The Labute approximate surface area is 167 Å². The number of tetrazole rings is 1. The summed E-state index contributed by atoms with van der Waals surface area (Å²) in [6.07, 6.45) is 0. The molecule has 0 bridgehead atoms. The third-order valence-electron chi connectivity index (χ3n) is 3.90. The van der Waals surface area contributed by atoms with Gasteiger partial charge in [-0.05, 0) is 47.7 Å². The summed E-state index contributed by atoms with van der Waals surface area (Å²) >= 11 is 7.20. The minimum atomic E-state index is -0.573. The molecule has 1 N–H and O–H groups in total. The van der Waals surface area contributed by atoms with Crippen LogP contribution in [-0.4, -0.2) is 31.1 Å². The van der Waals surface area contributed by atoms with Gasteiger partial charge in [-0.3, -0.25) is 4.79 Å². The number of aromatic nitrogens is 5. The molecule has 0 atom stereocenters. The summed E-state index contributed by atoms with van der Waals surface area (Å²) in [6.45, 7) is 1.72. The molecule has 2 aromatic carbocycles. The highest BCUT2D eigenvalue weighted by molar-refractivity contribution is 7.13. The molecule has 4 aromatic rings. The summed E-state index contributed by atoms with van der Waals surface area (Å²) in [5, 5.41) is 16.6. The van der Waals surface area contributed by atoms with Gasteiger partial charge in [-0.25, -0.2) is 9.37 Å². The van der Waals surface area contributed by atoms with Crippen molar-refractivity contribution in [3.8, 4) is 16.3 Å². The molecule has 10 heteroatoms. The van der Waals surface area contributed by atoms with Gasteiger partial charge >= 0.3 is 0 Å². The second-order valence-electron chi connectivity index (χ2n) is 5.80. The number of anilines is 1. The fraction of sp³-hybridized carbons (Fsp3) is 0.0556. The van der Waals surface area contributed by atoms with Crippen molar-refractivity contribution in [1.29, 1.82) is 0 Å². The van der Waals surface area contributed by atoms with E-state index in [0.717, 1.165) is 5.56 Å². The number of hydrogen-bond acceptors (Lipinski definition) is 6. The van der Waals surface area contributed by atoms with Gasteiger partial charge in [0.25, 0.3) is 5.91 Å². The van der Waals surface area contributed by atoms with Crippen LogP contribution in [0.25, 0.3) is 16.3 Å². The van der Waals surface area contributed by atoms with Gasteiger partial charge < -0.3 is 5.32 Å². The molecule has 0 spiro atoms. The maximum absolute atomic E-state index is 14.2. The average molecular weight is 415 g/mol. The van der Waals surface area contributed by atoms with Crippen molar-refractivity contribution in [1.82, 2.24) is 25.2 Å². The Hall–Kier alpha value is -3.17. The van der Waals surface area contributed by atoms with Crippen LogP contribution in [0.3, 0.4) is 0 Å². The molecule has 0 unspecified atom stereocenters. The number of nitrogens with one attached hydrogen (secondary N) is 1. The number of benzene rings is 2. The van der Waals surface area contributed by atoms with Crippen molar-refractivity contribution in [2.24, 2.45) is 0 Å². The number of hydrogen-bond donors (Lipinski definition) is 1. The normalized spacial score (nSPS) is 10.8. The first-order valence-corrected chi connectivity index (χ1v) is 9.35. The lowest BCUT2D eigenvalue weighted by Gasteiger charge is -2.08. The maximum Gasteiger partial charge on any atom is 0.275 e. The lowest BCUT2D eigenvalue weighted by atomic mass is 10.2. The SMILES string of the molecule is Cc1nnnn1-c1ccc(F)c(NC(=O)c2csc(-c3ccc(Cl)cc3)n2)c1. The number of carbonyl (C=O) groups excluding carboxylic acids is 1. The molecule has 0 saturated heterocycles. The van der Waals surface area contributed by atoms with Crippen LogP contribution >= 0.6 is 22.9 Å². The fourth-order valence-electron chi connectivity index (χ4n) is 2.50. The Morgan fingerprint density at radius 2 is 2.00 bits per heavy atom. The number of amides is 1. The average Bonchev–Trinajstić information content (AvgIpc) is 3.33. The zero-order valence-electron chi connectivity index (χ0n) is 14.4. The summed E-state index contributed by atoms with van der Waals surface area (Å²) in [6, 6.07) is 11.4. The van der Waals surface area contributed by atoms with Crippen LogP contribution in [0.1, 0.15) is 16.3 Å². The zero-order chi connectivity index (χ0) is 19.7. The topological polar surface area (TPSA) is 85.6 Å². The Bertz CT molecular complexity index is 1160. The van der Waals surface area contributed by atoms with E-state index in [9.17, 15) is 9.18 Å². The van der Waals surface area contributed by atoms with Gasteiger partial charge in [-0.2, -0.15) is 4.68 Å². The van der Waals surface area contributed by atoms with E-state index in [0.29, 0.717) is 21.5 Å². The second-order valence-corrected chi connectivity index (χ2v) is 7.10. The van der Waals surface area contributed by atoms with Crippen molar-refractivity contribution in [3.63, 3.8) is 0 Å². The summed E-state index contributed by atoms with van der Waals surface area (Å²) < 4.78 is 15.6. The van der Waals surface area contributed by atoms with Gasteiger partial charge in [0.2, 0.25) is 0 Å². The largest absolute Gasteiger partial charge is 0.318 e. The standard InChI is InChI=1S/C18H12ClFN6OS/c1-10-23-24-25-26(10)13-6-7-14(20)15(8-13)21-17(27)16-9-28-18(22-16)11-2-4-12(19)5-3-11/h2-9H,1H3,(H,21,27). The molecule has 0 radical (unpaired) electrons. The monoisotopic (exact) mass is 414 g/mol. The van der Waals surface area contributed by atoms with Crippen LogP contribution in [0.2, 0.25) is 5.02 Å². The highest BCUT2D eigenvalue weighted by Crippen LogP contribution is 2.26. The molecular weight excluding hydrogens is 403 g/mol. The second kappa shape index (κ2) is 7.45. The smallest absolute Gasteiger partial charge is 0.275 e. The number of halogens is 2. The van der Waals surface area contributed by atoms with Crippen LogP contribution in [0.15, 0.2) is 47.8 Å². The minimum absolute atomic E-state index is 0.0124. The van der Waals surface area contributed by atoms with Gasteiger partial charge in [-0.1, -0.05) is 23.7 Å². The minimum Gasteiger partial charge on any atom is -0.318 e. The van der Waals surface area contributed by atoms with Gasteiger partial charge in [0, 0.05) is 16.0 Å². The fourth-order valence-corrected chi connectivity index (χ4v) is 3.43. The van der Waals surface area contributed by atoms with Gasteiger partial charge in [0.05, 0.1) is 11.4 Å². The van der Waals surface area contributed by atoms with E-state index in [4.69, 9.17) is 11.6 Å². The maximum atomic E-state index is 14.2. The van der Waals surface area contributed by atoms with Crippen LogP contribution in [0.5, 0.6) is 0 Å². The first-order valence-electron chi connectivity index (χ1n) is 8.09. The lowest BCUT2D eigenvalue weighted by Crippen LogP contribution is -2.14. The van der Waals surface area contributed by atoms with Crippen LogP contribution in [-0.2, 0) is 0 Å². The molecule has 1 amide bonds. The third kappa shape index (κ3) is 3.62. The van der Waals surface area contributed by atoms with E-state index in [-0.39, 0.29) is 11.4 Å². The lowest BCUT2D eigenvalue weighted by molar-refractivity contribution is 0.102. The summed E-state index contributed by atoms with van der Waals surface area (Å²) in [5.74, 6) is -0.548. The molecule has 0 fully saturated rings. The number of rotatable bonds is 4. The van der Waals surface area contributed by atoms with E-state index in [2.05, 4.69) is 25.8 Å². The van der Waals surface area contributed by atoms with Gasteiger partial charge in [0.1, 0.15) is 16.5 Å². The first kappa shape index (κ1) is 18.2. The Morgan fingerprint density at radius 1 is 1.21 bits per heavy atom. The molecule has 140 valence electrons. The molecule has 0 aliphatic carbocycles. The van der Waals surface area contributed by atoms with Gasteiger partial charge in [0.15, 0.2) is 5.82 Å². The van der Waals surface area contributed by atoms with Crippen molar-refractivity contribution >= 4 is 34.5 Å². The van der Waals surface area contributed by atoms with E-state index in [1.807, 2.05) is 12.1 Å². The summed E-state index contributed by atoms with van der Waals surface area (Å²) in [5.41, 5.74) is 1.58. The number of thiazole rings is 1. The number of carbonyl (C=O) groups is 1. The van der Waals surface area contributed by atoms with Crippen LogP contribution in [0, 0.1) is 12.7 Å². The molecular formula is C18H12ClFN6OS. The Balaban J connectivity index is 1.57.